The van der Waals surface area contributed by atoms with Crippen molar-refractivity contribution in [3.05, 3.63) is 29.8 Å². The molecule has 0 bridgehead atoms. The van der Waals surface area contributed by atoms with Gasteiger partial charge in [0.2, 0.25) is 5.91 Å². The van der Waals surface area contributed by atoms with Crippen LogP contribution in [-0.2, 0) is 4.79 Å². The zero-order valence-electron chi connectivity index (χ0n) is 10.9. The Morgan fingerprint density at radius 1 is 1.25 bits per heavy atom. The van der Waals surface area contributed by atoms with Crippen molar-refractivity contribution < 1.29 is 13.6 Å². The highest BCUT2D eigenvalue weighted by atomic mass is 32.1. The number of carbonyl (C=O) groups excluding carboxylic acids is 1. The maximum Gasteiger partial charge on any atom is 0.237 e. The van der Waals surface area contributed by atoms with Gasteiger partial charge in [-0.05, 0) is 25.0 Å². The van der Waals surface area contributed by atoms with E-state index in [0.29, 0.717) is 12.8 Å². The number of carbonyl (C=O) groups is 1. The first-order valence-electron chi connectivity index (χ1n) is 6.53. The Bertz CT molecular complexity index is 542. The number of rotatable bonds is 3. The van der Waals surface area contributed by atoms with E-state index < -0.39 is 23.0 Å². The van der Waals surface area contributed by atoms with Crippen LogP contribution in [-0.4, -0.2) is 10.9 Å². The summed E-state index contributed by atoms with van der Waals surface area (Å²) in [4.78, 5) is 12.5. The molecule has 0 spiro atoms. The van der Waals surface area contributed by atoms with Crippen LogP contribution in [0.15, 0.2) is 18.2 Å². The Balaban J connectivity index is 2.25. The van der Waals surface area contributed by atoms with Crippen molar-refractivity contribution in [1.29, 1.82) is 0 Å². The first-order valence-corrected chi connectivity index (χ1v) is 6.93. The highest BCUT2D eigenvalue weighted by molar-refractivity contribution is 7.80. The molecule has 1 fully saturated rings. The molecule has 3 nitrogen and oxygen atoms in total. The van der Waals surface area contributed by atoms with E-state index in [4.69, 9.17) is 18.0 Å². The third-order valence-electron chi connectivity index (χ3n) is 3.81. The van der Waals surface area contributed by atoms with Gasteiger partial charge in [0.25, 0.3) is 0 Å². The van der Waals surface area contributed by atoms with Crippen LogP contribution in [0.2, 0.25) is 0 Å². The predicted molar refractivity (Wildman–Crippen MR) is 77.3 cm³/mol. The standard InChI is InChI=1S/C14H16F2N2OS/c15-9-5-4-6-10(11(9)16)18-13(19)14(12(17)20)7-2-1-3-8-14/h4-6H,1-3,7-8H2,(H2,17,20)(H,18,19). The fraction of sp³-hybridized carbons (Fsp3) is 0.429. The molecule has 3 N–H and O–H groups in total. The molecule has 20 heavy (non-hydrogen) atoms. The van der Waals surface area contributed by atoms with Crippen LogP contribution < -0.4 is 11.1 Å². The summed E-state index contributed by atoms with van der Waals surface area (Å²) >= 11 is 5.03. The van der Waals surface area contributed by atoms with Crippen LogP contribution in [0, 0.1) is 17.0 Å². The van der Waals surface area contributed by atoms with Crippen molar-refractivity contribution in [1.82, 2.24) is 0 Å². The molecule has 1 aromatic rings. The lowest BCUT2D eigenvalue weighted by molar-refractivity contribution is -0.123. The molecule has 0 atom stereocenters. The summed E-state index contributed by atoms with van der Waals surface area (Å²) in [6.07, 6.45) is 3.80. The molecule has 2 rings (SSSR count). The maximum absolute atomic E-state index is 13.6. The minimum Gasteiger partial charge on any atom is -0.392 e. The van der Waals surface area contributed by atoms with Gasteiger partial charge in [0.1, 0.15) is 0 Å². The van der Waals surface area contributed by atoms with Gasteiger partial charge in [-0.15, -0.1) is 0 Å². The third-order valence-corrected chi connectivity index (χ3v) is 4.20. The largest absolute Gasteiger partial charge is 0.392 e. The number of nitrogens with one attached hydrogen (secondary N) is 1. The van der Waals surface area contributed by atoms with Crippen molar-refractivity contribution >= 4 is 28.8 Å². The Labute approximate surface area is 121 Å². The Morgan fingerprint density at radius 2 is 1.90 bits per heavy atom. The summed E-state index contributed by atoms with van der Waals surface area (Å²) in [5.41, 5.74) is 4.59. The van der Waals surface area contributed by atoms with Crippen molar-refractivity contribution in [2.45, 2.75) is 32.1 Å². The number of halogens is 2. The van der Waals surface area contributed by atoms with E-state index in [1.54, 1.807) is 0 Å². The maximum atomic E-state index is 13.6. The topological polar surface area (TPSA) is 55.1 Å². The van der Waals surface area contributed by atoms with Gasteiger partial charge in [-0.3, -0.25) is 4.79 Å². The second kappa shape index (κ2) is 5.83. The molecular weight excluding hydrogens is 282 g/mol. The molecule has 1 aliphatic rings. The van der Waals surface area contributed by atoms with E-state index in [-0.39, 0.29) is 10.7 Å². The smallest absolute Gasteiger partial charge is 0.237 e. The monoisotopic (exact) mass is 298 g/mol. The van der Waals surface area contributed by atoms with Gasteiger partial charge >= 0.3 is 0 Å². The van der Waals surface area contributed by atoms with Crippen molar-refractivity contribution in [2.24, 2.45) is 11.1 Å². The number of benzene rings is 1. The third kappa shape index (κ3) is 2.65. The molecule has 108 valence electrons. The Hall–Kier alpha value is -1.56. The molecule has 1 saturated carbocycles. The molecule has 0 saturated heterocycles. The van der Waals surface area contributed by atoms with Crippen LogP contribution in [0.1, 0.15) is 32.1 Å². The van der Waals surface area contributed by atoms with Gasteiger partial charge in [-0.25, -0.2) is 8.78 Å². The van der Waals surface area contributed by atoms with E-state index in [2.05, 4.69) is 5.32 Å². The molecule has 1 aromatic carbocycles. The molecular formula is C14H16F2N2OS. The average molecular weight is 298 g/mol. The van der Waals surface area contributed by atoms with Gasteiger partial charge in [0, 0.05) is 0 Å². The van der Waals surface area contributed by atoms with Gasteiger partial charge in [-0.2, -0.15) is 0 Å². The normalized spacial score (nSPS) is 17.5. The molecule has 0 unspecified atom stereocenters. The zero-order chi connectivity index (χ0) is 14.8. The number of anilines is 1. The number of thiocarbonyl (C=S) groups is 1. The van der Waals surface area contributed by atoms with Crippen molar-refractivity contribution in [3.8, 4) is 0 Å². The second-order valence-corrected chi connectivity index (χ2v) is 5.50. The lowest BCUT2D eigenvalue weighted by atomic mass is 9.73. The molecule has 0 heterocycles. The van der Waals surface area contributed by atoms with Crippen LogP contribution in [0.5, 0.6) is 0 Å². The molecule has 0 aromatic heterocycles. The van der Waals surface area contributed by atoms with Crippen LogP contribution >= 0.6 is 12.2 Å². The molecule has 0 radical (unpaired) electrons. The molecule has 0 aliphatic heterocycles. The summed E-state index contributed by atoms with van der Waals surface area (Å²) < 4.78 is 26.8. The highest BCUT2D eigenvalue weighted by Crippen LogP contribution is 2.38. The SMILES string of the molecule is NC(=S)C1(C(=O)Nc2cccc(F)c2F)CCCCC1. The Kier molecular flexibility index (Phi) is 4.32. The fourth-order valence-corrected chi connectivity index (χ4v) is 2.88. The molecule has 1 aliphatic carbocycles. The quantitative estimate of drug-likeness (QED) is 0.843. The van der Waals surface area contributed by atoms with E-state index in [1.807, 2.05) is 0 Å². The lowest BCUT2D eigenvalue weighted by Crippen LogP contribution is -2.47. The number of nitrogens with two attached hydrogens (primary N) is 1. The van der Waals surface area contributed by atoms with Gasteiger partial charge in [-0.1, -0.05) is 37.5 Å². The first kappa shape index (κ1) is 14.8. The van der Waals surface area contributed by atoms with E-state index >= 15 is 0 Å². The summed E-state index contributed by atoms with van der Waals surface area (Å²) in [7, 11) is 0. The van der Waals surface area contributed by atoms with Gasteiger partial charge in [0.15, 0.2) is 11.6 Å². The molecule has 6 heteroatoms. The highest BCUT2D eigenvalue weighted by Gasteiger charge is 2.42. The van der Waals surface area contributed by atoms with E-state index in [9.17, 15) is 13.6 Å². The minimum absolute atomic E-state index is 0.117. The minimum atomic E-state index is -1.07. The first-order chi connectivity index (χ1) is 9.47. The van der Waals surface area contributed by atoms with Crippen LogP contribution in [0.4, 0.5) is 14.5 Å². The Morgan fingerprint density at radius 3 is 2.50 bits per heavy atom. The van der Waals surface area contributed by atoms with Gasteiger partial charge in [0.05, 0.1) is 16.1 Å². The number of hydrogen-bond donors (Lipinski definition) is 2. The van der Waals surface area contributed by atoms with Crippen molar-refractivity contribution in [2.75, 3.05) is 5.32 Å². The molecule has 1 amide bonds. The predicted octanol–water partition coefficient (Wildman–Crippen LogP) is 3.14. The summed E-state index contributed by atoms with van der Waals surface area (Å²) in [5.74, 6) is -2.53. The number of amides is 1. The average Bonchev–Trinajstić information content (AvgIpc) is 2.44. The summed E-state index contributed by atoms with van der Waals surface area (Å²) in [5, 5.41) is 2.42. The lowest BCUT2D eigenvalue weighted by Gasteiger charge is -2.34. The summed E-state index contributed by atoms with van der Waals surface area (Å²) in [6.45, 7) is 0. The van der Waals surface area contributed by atoms with E-state index in [0.717, 1.165) is 25.3 Å². The number of hydrogen-bond acceptors (Lipinski definition) is 2. The fourth-order valence-electron chi connectivity index (χ4n) is 2.58. The zero-order valence-corrected chi connectivity index (χ0v) is 11.7. The summed E-state index contributed by atoms with van der Waals surface area (Å²) in [6, 6.07) is 3.64. The van der Waals surface area contributed by atoms with Gasteiger partial charge < -0.3 is 11.1 Å². The van der Waals surface area contributed by atoms with Crippen molar-refractivity contribution in [3.63, 3.8) is 0 Å². The van der Waals surface area contributed by atoms with E-state index in [1.165, 1.54) is 12.1 Å². The second-order valence-electron chi connectivity index (χ2n) is 5.06. The van der Waals surface area contributed by atoms with Crippen LogP contribution in [0.3, 0.4) is 0 Å². The van der Waals surface area contributed by atoms with Crippen LogP contribution in [0.25, 0.3) is 0 Å².